The maximum atomic E-state index is 11.0. The molecule has 5 rings (SSSR count). The zero-order chi connectivity index (χ0) is 24.7. The van der Waals surface area contributed by atoms with E-state index in [1.165, 1.54) is 69.8 Å². The molecule has 10 atom stereocenters. The summed E-state index contributed by atoms with van der Waals surface area (Å²) in [4.78, 5) is 0. The van der Waals surface area contributed by atoms with Gasteiger partial charge in [0.15, 0.2) is 0 Å². The second kappa shape index (κ2) is 8.08. The molecule has 0 aromatic carbocycles. The van der Waals surface area contributed by atoms with Gasteiger partial charge in [0, 0.05) is 13.7 Å². The predicted octanol–water partition coefficient (Wildman–Crippen LogP) is 8.04. The number of rotatable bonds is 4. The van der Waals surface area contributed by atoms with E-state index in [0.717, 1.165) is 30.8 Å². The van der Waals surface area contributed by atoms with E-state index >= 15 is 0 Å². The smallest absolute Gasteiger partial charge is 0.0594 e. The first-order valence-electron chi connectivity index (χ1n) is 14.7. The maximum Gasteiger partial charge on any atom is 0.0594 e. The van der Waals surface area contributed by atoms with Gasteiger partial charge in [-0.25, -0.2) is 0 Å². The summed E-state index contributed by atoms with van der Waals surface area (Å²) < 4.78 is 5.67. The monoisotopic (exact) mass is 470 g/mol. The number of hydrogen-bond acceptors (Lipinski definition) is 2. The summed E-state index contributed by atoms with van der Waals surface area (Å²) in [6.07, 6.45) is 14.3. The first-order chi connectivity index (χ1) is 15.9. The second-order valence-corrected chi connectivity index (χ2v) is 15.2. The van der Waals surface area contributed by atoms with Gasteiger partial charge in [0.25, 0.3) is 0 Å². The third kappa shape index (κ3) is 3.12. The van der Waals surface area contributed by atoms with Crippen LogP contribution in [0.2, 0.25) is 0 Å². The lowest BCUT2D eigenvalue weighted by atomic mass is 9.32. The summed E-state index contributed by atoms with van der Waals surface area (Å²) in [5, 5.41) is 11.0. The van der Waals surface area contributed by atoms with Crippen molar-refractivity contribution in [2.75, 3.05) is 13.7 Å². The van der Waals surface area contributed by atoms with Gasteiger partial charge >= 0.3 is 0 Å². The van der Waals surface area contributed by atoms with Crippen LogP contribution in [-0.4, -0.2) is 24.9 Å². The van der Waals surface area contributed by atoms with Crippen LogP contribution >= 0.6 is 0 Å². The maximum absolute atomic E-state index is 11.0. The molecule has 0 bridgehead atoms. The number of fused-ring (bicyclic) bond motifs is 7. The van der Waals surface area contributed by atoms with E-state index in [9.17, 15) is 5.11 Å². The molecule has 0 spiro atoms. The van der Waals surface area contributed by atoms with Crippen molar-refractivity contribution in [3.63, 3.8) is 0 Å². The molecular formula is C32H54O2. The van der Waals surface area contributed by atoms with Crippen molar-refractivity contribution in [1.29, 1.82) is 0 Å². The largest absolute Gasteiger partial charge is 0.393 e. The van der Waals surface area contributed by atoms with Gasteiger partial charge in [-0.3, -0.25) is 0 Å². The Morgan fingerprint density at radius 1 is 0.853 bits per heavy atom. The minimum Gasteiger partial charge on any atom is -0.393 e. The van der Waals surface area contributed by atoms with Gasteiger partial charge in [0.1, 0.15) is 0 Å². The van der Waals surface area contributed by atoms with Crippen LogP contribution in [0.5, 0.6) is 0 Å². The van der Waals surface area contributed by atoms with Crippen LogP contribution in [0, 0.1) is 56.7 Å². The van der Waals surface area contributed by atoms with Crippen LogP contribution in [0.4, 0.5) is 0 Å². The van der Waals surface area contributed by atoms with Gasteiger partial charge in [-0.1, -0.05) is 46.8 Å². The number of aliphatic hydroxyl groups excluding tert-OH is 1. The number of hydrogen-bond donors (Lipinski definition) is 1. The Bertz CT molecular complexity index is 816. The number of aliphatic hydroxyl groups is 1. The average molecular weight is 471 g/mol. The minimum atomic E-state index is -0.132. The molecule has 0 unspecified atom stereocenters. The number of ether oxygens (including phenoxy) is 1. The molecule has 5 aliphatic carbocycles. The predicted molar refractivity (Wildman–Crippen MR) is 141 cm³/mol. The topological polar surface area (TPSA) is 29.5 Å². The molecule has 0 saturated heterocycles. The molecule has 5 saturated carbocycles. The summed E-state index contributed by atoms with van der Waals surface area (Å²) in [6.45, 7) is 20.6. The molecule has 1 N–H and O–H groups in total. The van der Waals surface area contributed by atoms with Gasteiger partial charge in [-0.05, 0) is 134 Å². The van der Waals surface area contributed by atoms with Gasteiger partial charge in [0.05, 0.1) is 6.10 Å². The van der Waals surface area contributed by atoms with Crippen molar-refractivity contribution in [1.82, 2.24) is 0 Å². The van der Waals surface area contributed by atoms with E-state index in [4.69, 9.17) is 4.74 Å². The lowest BCUT2D eigenvalue weighted by molar-refractivity contribution is -0.248. The molecule has 5 aliphatic rings. The minimum absolute atomic E-state index is 0.0461. The van der Waals surface area contributed by atoms with E-state index in [1.54, 1.807) is 0 Å². The van der Waals surface area contributed by atoms with Crippen LogP contribution in [0.15, 0.2) is 12.2 Å². The molecule has 0 aromatic rings. The first-order valence-corrected chi connectivity index (χ1v) is 14.7. The molecule has 0 aromatic heterocycles. The first kappa shape index (κ1) is 25.3. The highest BCUT2D eigenvalue weighted by Gasteiger charge is 2.70. The van der Waals surface area contributed by atoms with Crippen molar-refractivity contribution in [3.05, 3.63) is 12.2 Å². The molecular weight excluding hydrogens is 416 g/mol. The highest BCUT2D eigenvalue weighted by atomic mass is 16.5. The Morgan fingerprint density at radius 3 is 2.26 bits per heavy atom. The normalized spacial score (nSPS) is 53.9. The van der Waals surface area contributed by atoms with Crippen LogP contribution in [0.25, 0.3) is 0 Å². The van der Waals surface area contributed by atoms with Crippen LogP contribution in [0.3, 0.4) is 0 Å². The molecule has 0 amide bonds. The van der Waals surface area contributed by atoms with Crippen molar-refractivity contribution < 1.29 is 9.84 Å². The van der Waals surface area contributed by atoms with E-state index in [1.807, 2.05) is 7.11 Å². The van der Waals surface area contributed by atoms with Crippen LogP contribution in [0.1, 0.15) is 112 Å². The van der Waals surface area contributed by atoms with E-state index in [0.29, 0.717) is 33.5 Å². The van der Waals surface area contributed by atoms with E-state index in [-0.39, 0.29) is 11.5 Å². The quantitative estimate of drug-likeness (QED) is 0.421. The summed E-state index contributed by atoms with van der Waals surface area (Å²) in [7, 11) is 1.89. The van der Waals surface area contributed by atoms with Gasteiger partial charge < -0.3 is 9.84 Å². The average Bonchev–Trinajstić information content (AvgIpc) is 3.16. The molecule has 5 fully saturated rings. The highest BCUT2D eigenvalue weighted by molar-refractivity contribution is 5.21. The Labute approximate surface area is 210 Å². The fourth-order valence-corrected chi connectivity index (χ4v) is 12.0. The molecule has 34 heavy (non-hydrogen) atoms. The summed E-state index contributed by atoms with van der Waals surface area (Å²) in [5.74, 6) is 3.78. The number of allylic oxidation sites excluding steroid dienone is 1. The van der Waals surface area contributed by atoms with E-state index < -0.39 is 0 Å². The Morgan fingerprint density at radius 2 is 1.59 bits per heavy atom. The Balaban J connectivity index is 1.53. The molecule has 0 radical (unpaired) electrons. The summed E-state index contributed by atoms with van der Waals surface area (Å²) in [5.41, 5.74) is 3.17. The van der Waals surface area contributed by atoms with Crippen LogP contribution < -0.4 is 0 Å². The molecule has 194 valence electrons. The Hall–Kier alpha value is -0.340. The highest BCUT2D eigenvalue weighted by Crippen LogP contribution is 2.77. The van der Waals surface area contributed by atoms with Gasteiger partial charge in [-0.2, -0.15) is 0 Å². The van der Waals surface area contributed by atoms with Crippen molar-refractivity contribution >= 4 is 0 Å². The molecule has 2 heteroatoms. The molecule has 2 nitrogen and oxygen atoms in total. The molecule has 0 heterocycles. The number of methoxy groups -OCH3 is 1. The SMILES string of the molecule is C=C(C)[C@@H]1CC[C@]2(CCOC)CC[C@]3(C)[C@H](CC[C@@H]4[C@@]5(C)CC[C@H](O)C(C)(C)[C@@H]5CC[C@]43C)[C@@H]12. The summed E-state index contributed by atoms with van der Waals surface area (Å²) >= 11 is 0. The van der Waals surface area contributed by atoms with Gasteiger partial charge in [-0.15, -0.1) is 0 Å². The lowest BCUT2D eigenvalue weighted by Gasteiger charge is -2.73. The second-order valence-electron chi connectivity index (χ2n) is 15.2. The summed E-state index contributed by atoms with van der Waals surface area (Å²) in [6, 6.07) is 0. The van der Waals surface area contributed by atoms with Crippen molar-refractivity contribution in [2.45, 2.75) is 118 Å². The third-order valence-electron chi connectivity index (χ3n) is 14.0. The van der Waals surface area contributed by atoms with Crippen molar-refractivity contribution in [3.8, 4) is 0 Å². The standard InChI is InChI=1S/C32H54O2/c1-21(2)22-11-16-32(19-20-34-8)18-17-30(6)23(27(22)32)9-10-25-29(5)14-13-26(33)28(3,4)24(29)12-15-31(25,30)7/h22-27,33H,1,9-20H2,2-8H3/t22-,23+,24-,25+,26-,27+,29-,30+,31+,32+/m0/s1. The zero-order valence-corrected chi connectivity index (χ0v) is 23.5. The fourth-order valence-electron chi connectivity index (χ4n) is 12.0. The van der Waals surface area contributed by atoms with Crippen molar-refractivity contribution in [2.24, 2.45) is 56.7 Å². The van der Waals surface area contributed by atoms with E-state index in [2.05, 4.69) is 48.1 Å². The van der Waals surface area contributed by atoms with Gasteiger partial charge in [0.2, 0.25) is 0 Å². The lowest BCUT2D eigenvalue weighted by Crippen LogP contribution is -2.66. The Kier molecular flexibility index (Phi) is 6.01. The molecule has 0 aliphatic heterocycles. The third-order valence-corrected chi connectivity index (χ3v) is 14.0. The zero-order valence-electron chi connectivity index (χ0n) is 23.5. The fraction of sp³-hybridized carbons (Fsp3) is 0.938. The van der Waals surface area contributed by atoms with Crippen LogP contribution in [-0.2, 0) is 4.74 Å².